The average Bonchev–Trinajstić information content (AvgIpc) is 4.31. The van der Waals surface area contributed by atoms with E-state index in [4.69, 9.17) is 42.3 Å². The van der Waals surface area contributed by atoms with Crippen LogP contribution in [0.3, 0.4) is 0 Å². The van der Waals surface area contributed by atoms with Gasteiger partial charge in [-0.25, -0.2) is 0 Å². The zero-order valence-electron chi connectivity index (χ0n) is 50.0. The summed E-state index contributed by atoms with van der Waals surface area (Å²) in [6, 6.07) is 55.1. The third kappa shape index (κ3) is 10.7. The predicted molar refractivity (Wildman–Crippen MR) is 319 cm³/mol. The lowest BCUT2D eigenvalue weighted by molar-refractivity contribution is -0.207. The molecule has 6 aromatic rings. The topological polar surface area (TPSA) is 103 Å². The molecule has 2 spiro atoms. The minimum Gasteiger partial charge on any atom is -0.497 e. The molecule has 0 aromatic heterocycles. The molecule has 0 radical (unpaired) electrons. The number of hydrogen-bond acceptors (Lipinski definition) is 10. The van der Waals surface area contributed by atoms with E-state index >= 15 is 0 Å². The van der Waals surface area contributed by atoms with Crippen molar-refractivity contribution < 1.29 is 47.4 Å². The molecular weight excluding hydrogens is 1030 g/mol. The Morgan fingerprint density at radius 3 is 1.19 bits per heavy atom. The molecule has 4 saturated carbocycles. The van der Waals surface area contributed by atoms with E-state index in [0.717, 1.165) is 77.0 Å². The maximum absolute atomic E-state index is 10.8. The number of aliphatic hydroxyl groups excluding tert-OH is 1. The Hall–Kier alpha value is -5.18. The van der Waals surface area contributed by atoms with Crippen LogP contribution in [0.15, 0.2) is 158 Å². The van der Waals surface area contributed by atoms with Gasteiger partial charge in [0.05, 0.1) is 50.8 Å². The van der Waals surface area contributed by atoms with E-state index < -0.39 is 37.2 Å². The van der Waals surface area contributed by atoms with Crippen molar-refractivity contribution in [3.8, 4) is 11.5 Å². The molecule has 11 heteroatoms. The summed E-state index contributed by atoms with van der Waals surface area (Å²) in [5.74, 6) is 0.342. The van der Waals surface area contributed by atoms with Crippen molar-refractivity contribution in [2.45, 2.75) is 191 Å². The van der Waals surface area contributed by atoms with Crippen molar-refractivity contribution in [1.29, 1.82) is 0 Å². The van der Waals surface area contributed by atoms with E-state index in [2.05, 4.69) is 175 Å². The summed E-state index contributed by atoms with van der Waals surface area (Å²) in [6.45, 7) is 23.8. The van der Waals surface area contributed by atoms with Gasteiger partial charge in [-0.15, -0.1) is 0 Å². The zero-order valence-corrected chi connectivity index (χ0v) is 51.0. The van der Waals surface area contributed by atoms with Crippen LogP contribution in [0.25, 0.3) is 0 Å². The monoisotopic (exact) mass is 1110 g/mol. The summed E-state index contributed by atoms with van der Waals surface area (Å²) in [5.41, 5.74) is 7.21. The predicted octanol–water partition coefficient (Wildman–Crippen LogP) is 14.5. The third-order valence-electron chi connectivity index (χ3n) is 19.2. The Kier molecular flexibility index (Phi) is 15.3. The lowest BCUT2D eigenvalue weighted by atomic mass is 9.63. The van der Waals surface area contributed by atoms with Gasteiger partial charge >= 0.3 is 0 Å². The summed E-state index contributed by atoms with van der Waals surface area (Å²) >= 11 is 0. The van der Waals surface area contributed by atoms with Gasteiger partial charge in [0.15, 0.2) is 19.9 Å². The molecular formula is C70H86O10Si. The minimum atomic E-state index is -2.00. The number of fused-ring (bicyclic) bond motifs is 4. The lowest BCUT2D eigenvalue weighted by Crippen LogP contribution is -2.52. The van der Waals surface area contributed by atoms with E-state index in [1.54, 1.807) is 14.2 Å². The summed E-state index contributed by atoms with van der Waals surface area (Å²) < 4.78 is 58.4. The van der Waals surface area contributed by atoms with Gasteiger partial charge in [-0.2, -0.15) is 0 Å². The van der Waals surface area contributed by atoms with Crippen LogP contribution in [0.1, 0.15) is 131 Å². The molecule has 2 heterocycles. The van der Waals surface area contributed by atoms with Crippen molar-refractivity contribution in [2.75, 3.05) is 14.2 Å². The molecule has 2 aliphatic heterocycles. The van der Waals surface area contributed by atoms with Crippen molar-refractivity contribution in [1.82, 2.24) is 0 Å². The van der Waals surface area contributed by atoms with E-state index in [-0.39, 0.29) is 58.6 Å². The highest BCUT2D eigenvalue weighted by Gasteiger charge is 2.68. The quantitative estimate of drug-likeness (QED) is 0.0838. The van der Waals surface area contributed by atoms with Gasteiger partial charge in [-0.1, -0.05) is 165 Å². The SMILES string of the molecule is COc1ccc(C(OC2CC3(C2)C[C@H](O)[C@@H]2OC(C)(C)O[C@@H]23)(c2ccccc2)c2ccc(C)cc2)cc1.COc1ccc(C(OC2CC3(C2)C[C@H](O[Si](C)(C)C(C)(C)C)[C@@H]2OC(C)(C)O[C@@H]23)(c2ccccc2)c2ccc(C)cc2)cc1. The highest BCUT2D eigenvalue weighted by molar-refractivity contribution is 6.74. The van der Waals surface area contributed by atoms with Crippen molar-refractivity contribution in [3.63, 3.8) is 0 Å². The number of ether oxygens (including phenoxy) is 8. The van der Waals surface area contributed by atoms with Gasteiger partial charge in [-0.3, -0.25) is 0 Å². The summed E-state index contributed by atoms with van der Waals surface area (Å²) in [5, 5.41) is 10.9. The Morgan fingerprint density at radius 1 is 0.457 bits per heavy atom. The Bertz CT molecular complexity index is 3090. The normalized spacial score (nSPS) is 30.2. The number of rotatable bonds is 14. The van der Waals surface area contributed by atoms with E-state index in [1.165, 1.54) is 11.1 Å². The molecule has 1 N–H and O–H groups in total. The first-order valence-electron chi connectivity index (χ1n) is 29.4. The highest BCUT2D eigenvalue weighted by Crippen LogP contribution is 2.63. The zero-order chi connectivity index (χ0) is 57.4. The van der Waals surface area contributed by atoms with Crippen LogP contribution >= 0.6 is 0 Å². The van der Waals surface area contributed by atoms with E-state index in [1.807, 2.05) is 58.0 Å². The molecule has 12 rings (SSSR count). The van der Waals surface area contributed by atoms with Gasteiger partial charge in [0.25, 0.3) is 0 Å². The molecule has 0 bridgehead atoms. The highest BCUT2D eigenvalue weighted by atomic mass is 28.4. The Labute approximate surface area is 482 Å². The number of aryl methyl sites for hydroxylation is 2. The van der Waals surface area contributed by atoms with Crippen molar-refractivity contribution >= 4 is 8.32 Å². The number of methoxy groups -OCH3 is 2. The molecule has 10 nitrogen and oxygen atoms in total. The molecule has 2 unspecified atom stereocenters. The van der Waals surface area contributed by atoms with Gasteiger partial charge in [-0.05, 0) is 156 Å². The summed E-state index contributed by atoms with van der Waals surface area (Å²) in [6.07, 6.45) is 4.20. The van der Waals surface area contributed by atoms with E-state index in [9.17, 15) is 5.11 Å². The molecule has 2 saturated heterocycles. The fourth-order valence-corrected chi connectivity index (χ4v) is 15.5. The van der Waals surface area contributed by atoms with Crippen LogP contribution in [-0.4, -0.2) is 88.0 Å². The number of hydrogen-bond donors (Lipinski definition) is 1. The van der Waals surface area contributed by atoms with Crippen LogP contribution in [0.2, 0.25) is 18.1 Å². The molecule has 8 atom stereocenters. The fourth-order valence-electron chi connectivity index (χ4n) is 14.2. The summed E-state index contributed by atoms with van der Waals surface area (Å²) in [7, 11) is 1.38. The van der Waals surface area contributed by atoms with Gasteiger partial charge in [0, 0.05) is 10.8 Å². The molecule has 430 valence electrons. The molecule has 6 fully saturated rings. The first-order chi connectivity index (χ1) is 38.4. The van der Waals surface area contributed by atoms with Crippen molar-refractivity contribution in [2.24, 2.45) is 10.8 Å². The van der Waals surface area contributed by atoms with Gasteiger partial charge < -0.3 is 47.4 Å². The first kappa shape index (κ1) is 57.6. The fraction of sp³-hybridized carbons (Fsp3) is 0.486. The minimum absolute atomic E-state index is 0.00129. The molecule has 4 aliphatic carbocycles. The van der Waals surface area contributed by atoms with Crippen LogP contribution < -0.4 is 9.47 Å². The smallest absolute Gasteiger partial charge is 0.192 e. The second-order valence-corrected chi connectivity index (χ2v) is 31.5. The van der Waals surface area contributed by atoms with E-state index in [0.29, 0.717) is 6.42 Å². The summed E-state index contributed by atoms with van der Waals surface area (Å²) in [4.78, 5) is 0. The Balaban J connectivity index is 0.000000173. The average molecular weight is 1120 g/mol. The molecule has 6 aliphatic rings. The second kappa shape index (κ2) is 21.5. The number of aliphatic hydroxyl groups is 1. The molecule has 0 amide bonds. The van der Waals surface area contributed by atoms with Crippen LogP contribution in [0.5, 0.6) is 11.5 Å². The van der Waals surface area contributed by atoms with Crippen LogP contribution in [0.4, 0.5) is 0 Å². The molecule has 81 heavy (non-hydrogen) atoms. The van der Waals surface area contributed by atoms with Crippen LogP contribution in [-0.2, 0) is 44.0 Å². The lowest BCUT2D eigenvalue weighted by Gasteiger charge is -2.51. The maximum atomic E-state index is 10.8. The Morgan fingerprint density at radius 2 is 0.802 bits per heavy atom. The molecule has 6 aromatic carbocycles. The van der Waals surface area contributed by atoms with Crippen molar-refractivity contribution in [3.05, 3.63) is 202 Å². The van der Waals surface area contributed by atoms with Gasteiger partial charge in [0.1, 0.15) is 34.9 Å². The largest absolute Gasteiger partial charge is 0.497 e. The first-order valence-corrected chi connectivity index (χ1v) is 32.3. The maximum Gasteiger partial charge on any atom is 0.192 e. The standard InChI is InChI=1S/C38H50O5Si.C32H36O5/c1-26-15-17-28(18-16-26)38(27-13-11-10-12-14-27,29-19-21-30(39-7)22-20-29)40-31-23-37(24-31)25-32(43-44(8,9)35(2,3)4)33-34(37)42-36(5,6)41-33;1-21-10-12-23(13-11-21)32(22-8-6-5-7-9-22,24-14-16-25(34-4)17-15-24)35-26-18-31(19-26)20-27(33)28-29(31)37-30(2,3)36-28/h10-22,31-34H,23-25H2,1-9H3;5-17,26-29,33H,18-20H2,1-4H3/t31?,32-,33-,34-,37?,38?;26?,27-,28-,29-,31?,32?/m00/s1. The van der Waals surface area contributed by atoms with Crippen LogP contribution in [0, 0.1) is 24.7 Å². The van der Waals surface area contributed by atoms with Gasteiger partial charge in [0.2, 0.25) is 0 Å². The third-order valence-corrected chi connectivity index (χ3v) is 23.7. The number of benzene rings is 6. The second-order valence-electron chi connectivity index (χ2n) is 26.7.